The highest BCUT2D eigenvalue weighted by molar-refractivity contribution is 8.00. The van der Waals surface area contributed by atoms with Crippen LogP contribution < -0.4 is 5.32 Å². The van der Waals surface area contributed by atoms with Gasteiger partial charge in [0.1, 0.15) is 5.82 Å². The second kappa shape index (κ2) is 6.62. The number of alkyl halides is 3. The Morgan fingerprint density at radius 2 is 1.86 bits per heavy atom. The van der Waals surface area contributed by atoms with Gasteiger partial charge in [0.2, 0.25) is 5.91 Å². The zero-order valence-corrected chi connectivity index (χ0v) is 11.5. The molecule has 7 heteroatoms. The number of nitrogens with zero attached hydrogens (tertiary/aromatic N) is 1. The van der Waals surface area contributed by atoms with Gasteiger partial charge in [-0.15, -0.1) is 11.8 Å². The molecule has 0 spiro atoms. The molecule has 2 rings (SSSR count). The van der Waals surface area contributed by atoms with E-state index in [9.17, 15) is 18.0 Å². The van der Waals surface area contributed by atoms with Crippen LogP contribution in [0.2, 0.25) is 0 Å². The third-order valence-corrected chi connectivity index (χ3v) is 3.48. The molecule has 1 amide bonds. The zero-order valence-electron chi connectivity index (χ0n) is 10.7. The fourth-order valence-corrected chi connectivity index (χ4v) is 2.20. The number of pyridine rings is 1. The smallest absolute Gasteiger partial charge is 0.310 e. The molecule has 0 bridgehead atoms. The van der Waals surface area contributed by atoms with Gasteiger partial charge in [0.05, 0.1) is 11.3 Å². The number of halogens is 3. The first kappa shape index (κ1) is 15.4. The van der Waals surface area contributed by atoms with Crippen LogP contribution in [0.3, 0.4) is 0 Å². The summed E-state index contributed by atoms with van der Waals surface area (Å²) in [6.45, 7) is 0. The average Bonchev–Trinajstić information content (AvgIpc) is 2.46. The Bertz CT molecular complexity index is 600. The Morgan fingerprint density at radius 3 is 2.43 bits per heavy atom. The van der Waals surface area contributed by atoms with Crippen LogP contribution in [0, 0.1) is 0 Å². The lowest BCUT2D eigenvalue weighted by atomic mass is 10.3. The lowest BCUT2D eigenvalue weighted by molar-refractivity contribution is -0.137. The number of aromatic nitrogens is 1. The molecule has 0 aliphatic carbocycles. The van der Waals surface area contributed by atoms with E-state index in [-0.39, 0.29) is 17.5 Å². The Morgan fingerprint density at radius 1 is 1.14 bits per heavy atom. The van der Waals surface area contributed by atoms with Crippen molar-refractivity contribution in [3.63, 3.8) is 0 Å². The minimum Gasteiger partial charge on any atom is -0.310 e. The lowest BCUT2D eigenvalue weighted by Crippen LogP contribution is -2.15. The van der Waals surface area contributed by atoms with Gasteiger partial charge in [-0.1, -0.05) is 18.2 Å². The van der Waals surface area contributed by atoms with E-state index < -0.39 is 11.7 Å². The molecule has 1 N–H and O–H groups in total. The number of rotatable bonds is 4. The van der Waals surface area contributed by atoms with E-state index in [0.29, 0.717) is 6.20 Å². The average molecular weight is 312 g/mol. The molecule has 0 aliphatic heterocycles. The molecule has 0 saturated heterocycles. The summed E-state index contributed by atoms with van der Waals surface area (Å²) in [5.74, 6) is -0.0648. The van der Waals surface area contributed by atoms with Gasteiger partial charge in [0, 0.05) is 11.1 Å². The van der Waals surface area contributed by atoms with Crippen LogP contribution in [0.4, 0.5) is 19.0 Å². The summed E-state index contributed by atoms with van der Waals surface area (Å²) in [7, 11) is 0. The summed E-state index contributed by atoms with van der Waals surface area (Å²) < 4.78 is 37.1. The molecule has 21 heavy (non-hydrogen) atoms. The van der Waals surface area contributed by atoms with Crippen molar-refractivity contribution in [3.05, 3.63) is 54.2 Å². The molecule has 0 fully saturated rings. The van der Waals surface area contributed by atoms with Gasteiger partial charge in [-0.3, -0.25) is 4.79 Å². The number of nitrogens with one attached hydrogen (secondary N) is 1. The van der Waals surface area contributed by atoms with Gasteiger partial charge in [-0.25, -0.2) is 4.98 Å². The minimum atomic E-state index is -4.43. The van der Waals surface area contributed by atoms with Crippen LogP contribution in [-0.2, 0) is 11.0 Å². The minimum absolute atomic E-state index is 0.0988. The van der Waals surface area contributed by atoms with Gasteiger partial charge in [0.15, 0.2) is 0 Å². The molecule has 110 valence electrons. The Labute approximate surface area is 123 Å². The van der Waals surface area contributed by atoms with Crippen LogP contribution >= 0.6 is 11.8 Å². The number of carbonyl (C=O) groups excluding carboxylic acids is 1. The van der Waals surface area contributed by atoms with Crippen LogP contribution in [0.15, 0.2) is 53.6 Å². The van der Waals surface area contributed by atoms with Gasteiger partial charge in [-0.05, 0) is 24.3 Å². The SMILES string of the molecule is O=C(CSc1ccccc1)Nc1ccc(C(F)(F)F)cn1. The first-order valence-corrected chi connectivity index (χ1v) is 6.94. The number of hydrogen-bond acceptors (Lipinski definition) is 3. The molecular formula is C14H11F3N2OS. The Kier molecular flexibility index (Phi) is 4.85. The molecule has 0 aliphatic rings. The molecule has 1 heterocycles. The van der Waals surface area contributed by atoms with Gasteiger partial charge in [-0.2, -0.15) is 13.2 Å². The zero-order chi connectivity index (χ0) is 15.3. The number of thioether (sulfide) groups is 1. The van der Waals surface area contributed by atoms with Crippen LogP contribution in [-0.4, -0.2) is 16.6 Å². The van der Waals surface area contributed by atoms with Crippen molar-refractivity contribution < 1.29 is 18.0 Å². The molecule has 2 aromatic rings. The Hall–Kier alpha value is -2.02. The van der Waals surface area contributed by atoms with E-state index in [2.05, 4.69) is 10.3 Å². The van der Waals surface area contributed by atoms with Crippen molar-refractivity contribution in [2.24, 2.45) is 0 Å². The number of anilines is 1. The standard InChI is InChI=1S/C14H11F3N2OS/c15-14(16,17)10-6-7-12(18-8-10)19-13(20)9-21-11-4-2-1-3-5-11/h1-8H,9H2,(H,18,19,20). The van der Waals surface area contributed by atoms with E-state index in [1.54, 1.807) is 0 Å². The highest BCUT2D eigenvalue weighted by Crippen LogP contribution is 2.28. The van der Waals surface area contributed by atoms with E-state index in [0.717, 1.165) is 17.0 Å². The van der Waals surface area contributed by atoms with Crippen molar-refractivity contribution in [2.75, 3.05) is 11.1 Å². The molecule has 0 saturated carbocycles. The summed E-state index contributed by atoms with van der Waals surface area (Å²) in [5, 5.41) is 2.45. The molecule has 0 unspecified atom stereocenters. The molecule has 1 aromatic carbocycles. The predicted molar refractivity (Wildman–Crippen MR) is 75.0 cm³/mol. The first-order chi connectivity index (χ1) is 9.95. The van der Waals surface area contributed by atoms with E-state index in [1.807, 2.05) is 30.3 Å². The number of amides is 1. The lowest BCUT2D eigenvalue weighted by Gasteiger charge is -2.08. The molecule has 3 nitrogen and oxygen atoms in total. The molecular weight excluding hydrogens is 301 g/mol. The highest BCUT2D eigenvalue weighted by atomic mass is 32.2. The van der Waals surface area contributed by atoms with Crippen LogP contribution in [0.5, 0.6) is 0 Å². The van der Waals surface area contributed by atoms with Crippen molar-refractivity contribution in [1.82, 2.24) is 4.98 Å². The number of hydrogen-bond donors (Lipinski definition) is 1. The highest BCUT2D eigenvalue weighted by Gasteiger charge is 2.30. The fourth-order valence-electron chi connectivity index (χ4n) is 1.48. The number of carbonyl (C=O) groups is 1. The third-order valence-electron chi connectivity index (χ3n) is 2.47. The maximum Gasteiger partial charge on any atom is 0.417 e. The summed E-state index contributed by atoms with van der Waals surface area (Å²) in [4.78, 5) is 16.2. The fraction of sp³-hybridized carbons (Fsp3) is 0.143. The van der Waals surface area contributed by atoms with Crippen molar-refractivity contribution >= 4 is 23.5 Å². The van der Waals surface area contributed by atoms with Gasteiger partial charge in [0.25, 0.3) is 0 Å². The second-order valence-corrected chi connectivity index (χ2v) is 5.13. The van der Waals surface area contributed by atoms with Crippen molar-refractivity contribution in [3.8, 4) is 0 Å². The normalized spacial score (nSPS) is 11.2. The summed E-state index contributed by atoms with van der Waals surface area (Å²) in [6, 6.07) is 11.3. The number of benzene rings is 1. The predicted octanol–water partition coefficient (Wildman–Crippen LogP) is 3.83. The van der Waals surface area contributed by atoms with E-state index in [4.69, 9.17) is 0 Å². The third kappa shape index (κ3) is 4.78. The first-order valence-electron chi connectivity index (χ1n) is 5.96. The van der Waals surface area contributed by atoms with Crippen LogP contribution in [0.1, 0.15) is 5.56 Å². The molecule has 0 atom stereocenters. The summed E-state index contributed by atoms with van der Waals surface area (Å²) >= 11 is 1.34. The van der Waals surface area contributed by atoms with E-state index in [1.165, 1.54) is 11.8 Å². The van der Waals surface area contributed by atoms with Crippen molar-refractivity contribution in [2.45, 2.75) is 11.1 Å². The van der Waals surface area contributed by atoms with Gasteiger partial charge < -0.3 is 5.32 Å². The van der Waals surface area contributed by atoms with E-state index >= 15 is 0 Å². The Balaban J connectivity index is 1.88. The topological polar surface area (TPSA) is 42.0 Å². The largest absolute Gasteiger partial charge is 0.417 e. The summed E-state index contributed by atoms with van der Waals surface area (Å²) in [6.07, 6.45) is -3.74. The molecule has 1 aromatic heterocycles. The quantitative estimate of drug-likeness (QED) is 0.872. The summed E-state index contributed by atoms with van der Waals surface area (Å²) in [5.41, 5.74) is -0.848. The molecule has 0 radical (unpaired) electrons. The van der Waals surface area contributed by atoms with Gasteiger partial charge >= 0.3 is 6.18 Å². The van der Waals surface area contributed by atoms with Crippen molar-refractivity contribution in [1.29, 1.82) is 0 Å². The second-order valence-electron chi connectivity index (χ2n) is 4.08. The maximum absolute atomic E-state index is 12.4. The monoisotopic (exact) mass is 312 g/mol. The van der Waals surface area contributed by atoms with Crippen LogP contribution in [0.25, 0.3) is 0 Å². The maximum atomic E-state index is 12.4.